The van der Waals surface area contributed by atoms with Crippen molar-refractivity contribution in [2.45, 2.75) is 266 Å². The third-order valence-corrected chi connectivity index (χ3v) is 14.2. The van der Waals surface area contributed by atoms with Crippen LogP contribution in [-0.2, 0) is 38.0 Å². The molecule has 0 spiro atoms. The molecule has 2 aliphatic carbocycles. The first-order valence-corrected chi connectivity index (χ1v) is 27.4. The summed E-state index contributed by atoms with van der Waals surface area (Å²) >= 11 is 0. The number of carbonyl (C=O) groups excluding carboxylic acids is 2. The molecule has 0 amide bonds. The van der Waals surface area contributed by atoms with Gasteiger partial charge in [-0.15, -0.1) is 0 Å². The normalized spacial score (nSPS) is 23.1. The summed E-state index contributed by atoms with van der Waals surface area (Å²) in [4.78, 5) is 27.0. The molecule has 2 saturated carbocycles. The van der Waals surface area contributed by atoms with Gasteiger partial charge in [-0.1, -0.05) is 170 Å². The highest BCUT2D eigenvalue weighted by Gasteiger charge is 2.60. The molecule has 0 saturated heterocycles. The molecule has 10 heteroatoms. The SMILES string of the molecule is CCCCCCCCOC(CCC(=O)OCC1(C)CC2(CO)CC(C)(CO)CC(COC(=O)CCC(OCCCCCCCC)OCCCCCCCC)(C1)C2)OCCCCCCCC. The number of unbranched alkanes of at least 4 members (excludes halogenated alkanes) is 20. The zero-order valence-corrected chi connectivity index (χ0v) is 43.3. The first-order chi connectivity index (χ1) is 31.4. The Morgan fingerprint density at radius 2 is 0.738 bits per heavy atom. The van der Waals surface area contributed by atoms with Crippen LogP contribution in [0.1, 0.15) is 253 Å². The Bertz CT molecular complexity index is 1140. The largest absolute Gasteiger partial charge is 0.465 e. The smallest absolute Gasteiger partial charge is 0.305 e. The van der Waals surface area contributed by atoms with Crippen molar-refractivity contribution < 1.29 is 48.2 Å². The minimum atomic E-state index is -0.485. The van der Waals surface area contributed by atoms with E-state index in [1.165, 1.54) is 103 Å². The van der Waals surface area contributed by atoms with Gasteiger partial charge < -0.3 is 38.6 Å². The predicted molar refractivity (Wildman–Crippen MR) is 264 cm³/mol. The van der Waals surface area contributed by atoms with Crippen molar-refractivity contribution >= 4 is 11.9 Å². The van der Waals surface area contributed by atoms with Gasteiger partial charge in [0.25, 0.3) is 0 Å². The van der Waals surface area contributed by atoms with E-state index >= 15 is 0 Å². The summed E-state index contributed by atoms with van der Waals surface area (Å²) < 4.78 is 37.0. The highest BCUT2D eigenvalue weighted by Crippen LogP contribution is 2.65. The fourth-order valence-corrected chi connectivity index (χ4v) is 11.4. The van der Waals surface area contributed by atoms with E-state index in [1.807, 2.05) is 0 Å². The molecule has 0 heterocycles. The van der Waals surface area contributed by atoms with Crippen molar-refractivity contribution in [3.05, 3.63) is 0 Å². The maximum atomic E-state index is 13.5. The molecular weight excluding hydrogens is 821 g/mol. The third-order valence-electron chi connectivity index (χ3n) is 14.2. The molecule has 0 radical (unpaired) electrons. The first kappa shape index (κ1) is 59.8. The van der Waals surface area contributed by atoms with Gasteiger partial charge in [-0.3, -0.25) is 9.59 Å². The summed E-state index contributed by atoms with van der Waals surface area (Å²) in [5.41, 5.74) is -1.83. The Morgan fingerprint density at radius 1 is 0.415 bits per heavy atom. The van der Waals surface area contributed by atoms with Gasteiger partial charge in [0.1, 0.15) is 0 Å². The average Bonchev–Trinajstić information content (AvgIpc) is 3.28. The van der Waals surface area contributed by atoms with E-state index in [1.54, 1.807) is 0 Å². The molecule has 0 aromatic rings. The van der Waals surface area contributed by atoms with Gasteiger partial charge in [-0.2, -0.15) is 0 Å². The van der Waals surface area contributed by atoms with E-state index in [9.17, 15) is 19.8 Å². The molecule has 2 N–H and O–H groups in total. The Balaban J connectivity index is 2.02. The Hall–Kier alpha value is -1.30. The van der Waals surface area contributed by atoms with Crippen molar-refractivity contribution in [1.82, 2.24) is 0 Å². The number of aliphatic hydroxyl groups is 2. The Labute approximate surface area is 399 Å². The van der Waals surface area contributed by atoms with E-state index in [2.05, 4.69) is 41.5 Å². The zero-order valence-electron chi connectivity index (χ0n) is 43.3. The Morgan fingerprint density at radius 3 is 1.11 bits per heavy atom. The number of hydrogen-bond acceptors (Lipinski definition) is 10. The number of esters is 2. The summed E-state index contributed by atoms with van der Waals surface area (Å²) in [6.07, 6.45) is 32.2. The second-order valence-corrected chi connectivity index (χ2v) is 21.6. The molecule has 65 heavy (non-hydrogen) atoms. The summed E-state index contributed by atoms with van der Waals surface area (Å²) in [5, 5.41) is 21.7. The molecule has 4 atom stereocenters. The molecule has 0 aromatic carbocycles. The van der Waals surface area contributed by atoms with Crippen LogP contribution in [0.15, 0.2) is 0 Å². The van der Waals surface area contributed by atoms with Crippen LogP contribution in [0.25, 0.3) is 0 Å². The van der Waals surface area contributed by atoms with E-state index in [0.717, 1.165) is 51.4 Å². The quantitative estimate of drug-likeness (QED) is 0.0346. The molecular formula is C55H104O10. The van der Waals surface area contributed by atoms with Crippen LogP contribution in [0.4, 0.5) is 0 Å². The van der Waals surface area contributed by atoms with Crippen molar-refractivity contribution in [2.75, 3.05) is 52.9 Å². The van der Waals surface area contributed by atoms with Crippen molar-refractivity contribution in [1.29, 1.82) is 0 Å². The van der Waals surface area contributed by atoms with E-state index in [4.69, 9.17) is 28.4 Å². The van der Waals surface area contributed by atoms with Gasteiger partial charge in [-0.25, -0.2) is 0 Å². The number of hydrogen-bond donors (Lipinski definition) is 2. The van der Waals surface area contributed by atoms with E-state index in [-0.39, 0.29) is 51.2 Å². The molecule has 384 valence electrons. The molecule has 2 bridgehead atoms. The number of ether oxygens (including phenoxy) is 6. The fourth-order valence-electron chi connectivity index (χ4n) is 11.4. The molecule has 2 rings (SSSR count). The van der Waals surface area contributed by atoms with Crippen molar-refractivity contribution in [2.24, 2.45) is 21.7 Å². The average molecular weight is 925 g/mol. The second kappa shape index (κ2) is 35.8. The standard InChI is InChI=1S/C55H104O10/c1-7-11-15-19-23-27-35-60-50(61-36-28-24-20-16-12-8-2)33-31-48(58)64-46-53(6)41-54(45-57)39-52(5,44-56)40-55(42-53,43-54)47-65-49(59)32-34-51(62-37-29-25-21-17-13-9-3)63-38-30-26-22-18-14-10-4/h50-51,56-57H,7-47H2,1-6H3. The molecule has 10 nitrogen and oxygen atoms in total. The molecule has 0 aromatic heterocycles. The lowest BCUT2D eigenvalue weighted by Crippen LogP contribution is -2.57. The number of rotatable bonds is 44. The lowest BCUT2D eigenvalue weighted by atomic mass is 9.44. The first-order valence-electron chi connectivity index (χ1n) is 27.4. The zero-order chi connectivity index (χ0) is 47.5. The molecule has 2 aliphatic rings. The van der Waals surface area contributed by atoms with Crippen LogP contribution in [0.5, 0.6) is 0 Å². The van der Waals surface area contributed by atoms with Crippen molar-refractivity contribution in [3.8, 4) is 0 Å². The van der Waals surface area contributed by atoms with Crippen LogP contribution >= 0.6 is 0 Å². The highest BCUT2D eigenvalue weighted by atomic mass is 16.7. The minimum absolute atomic E-state index is 0.00721. The summed E-state index contributed by atoms with van der Waals surface area (Å²) in [6.45, 7) is 16.0. The summed E-state index contributed by atoms with van der Waals surface area (Å²) in [7, 11) is 0. The van der Waals surface area contributed by atoms with Gasteiger partial charge in [-0.05, 0) is 68.6 Å². The van der Waals surface area contributed by atoms with E-state index < -0.39 is 34.2 Å². The van der Waals surface area contributed by atoms with E-state index in [0.29, 0.717) is 71.4 Å². The maximum absolute atomic E-state index is 13.5. The topological polar surface area (TPSA) is 130 Å². The lowest BCUT2D eigenvalue weighted by molar-refractivity contribution is -0.189. The van der Waals surface area contributed by atoms with Gasteiger partial charge in [0, 0.05) is 63.3 Å². The molecule has 0 aliphatic heterocycles. The van der Waals surface area contributed by atoms with Crippen LogP contribution < -0.4 is 0 Å². The van der Waals surface area contributed by atoms with Gasteiger partial charge in [0.2, 0.25) is 0 Å². The van der Waals surface area contributed by atoms with Crippen LogP contribution in [0.3, 0.4) is 0 Å². The summed E-state index contributed by atoms with van der Waals surface area (Å²) in [6, 6.07) is 0. The minimum Gasteiger partial charge on any atom is -0.465 e. The number of fused-ring (bicyclic) bond motifs is 2. The fraction of sp³-hybridized carbons (Fsp3) is 0.964. The highest BCUT2D eigenvalue weighted by molar-refractivity contribution is 5.69. The van der Waals surface area contributed by atoms with Gasteiger partial charge in [0.15, 0.2) is 12.6 Å². The predicted octanol–water partition coefficient (Wildman–Crippen LogP) is 13.7. The maximum Gasteiger partial charge on any atom is 0.305 e. The van der Waals surface area contributed by atoms with Crippen LogP contribution in [0, 0.1) is 21.7 Å². The van der Waals surface area contributed by atoms with Gasteiger partial charge >= 0.3 is 11.9 Å². The monoisotopic (exact) mass is 925 g/mol. The number of carbonyl (C=O) groups is 2. The molecule has 4 unspecified atom stereocenters. The van der Waals surface area contributed by atoms with Gasteiger partial charge in [0.05, 0.1) is 26.1 Å². The second-order valence-electron chi connectivity index (χ2n) is 21.6. The van der Waals surface area contributed by atoms with Crippen LogP contribution in [-0.4, -0.2) is 87.6 Å². The Kier molecular flexibility index (Phi) is 32.9. The molecule has 2 fully saturated rings. The van der Waals surface area contributed by atoms with Crippen LogP contribution in [0.2, 0.25) is 0 Å². The lowest BCUT2D eigenvalue weighted by Gasteiger charge is -2.62. The third kappa shape index (κ3) is 26.9. The number of aliphatic hydroxyl groups excluding tert-OH is 2. The summed E-state index contributed by atoms with van der Waals surface area (Å²) in [5.74, 6) is -0.559. The van der Waals surface area contributed by atoms with Crippen molar-refractivity contribution in [3.63, 3.8) is 0 Å².